The Morgan fingerprint density at radius 2 is 2.43 bits per heavy atom. The zero-order valence-electron chi connectivity index (χ0n) is 8.28. The summed E-state index contributed by atoms with van der Waals surface area (Å²) in [5.41, 5.74) is 5.33. The van der Waals surface area contributed by atoms with Crippen LogP contribution in [0, 0.1) is 12.8 Å². The third-order valence-corrected chi connectivity index (χ3v) is 1.78. The van der Waals surface area contributed by atoms with E-state index in [0.29, 0.717) is 18.3 Å². The molecule has 1 heterocycles. The highest BCUT2D eigenvalue weighted by molar-refractivity contribution is 5.78. The van der Waals surface area contributed by atoms with E-state index in [4.69, 9.17) is 10.3 Å². The van der Waals surface area contributed by atoms with E-state index in [1.54, 1.807) is 13.8 Å². The number of nitrogens with one attached hydrogen (secondary N) is 1. The molecule has 1 aromatic heterocycles. The summed E-state index contributed by atoms with van der Waals surface area (Å²) in [6.07, 6.45) is 0. The quantitative estimate of drug-likeness (QED) is 0.685. The van der Waals surface area contributed by atoms with Crippen LogP contribution < -0.4 is 11.1 Å². The largest absolute Gasteiger partial charge is 0.347 e. The normalized spacial score (nSPS) is 12.5. The second kappa shape index (κ2) is 4.71. The van der Waals surface area contributed by atoms with E-state index in [1.807, 2.05) is 0 Å². The Morgan fingerprint density at radius 3 is 2.93 bits per heavy atom. The lowest BCUT2D eigenvalue weighted by molar-refractivity contribution is -0.124. The highest BCUT2D eigenvalue weighted by atomic mass is 16.5. The van der Waals surface area contributed by atoms with Gasteiger partial charge in [0.25, 0.3) is 0 Å². The van der Waals surface area contributed by atoms with Crippen LogP contribution in [0.3, 0.4) is 0 Å². The zero-order chi connectivity index (χ0) is 10.6. The Balaban J connectivity index is 2.37. The van der Waals surface area contributed by atoms with E-state index in [1.165, 1.54) is 0 Å². The number of carbonyl (C=O) groups excluding carboxylic acids is 1. The van der Waals surface area contributed by atoms with Crippen molar-refractivity contribution in [2.24, 2.45) is 11.7 Å². The van der Waals surface area contributed by atoms with Crippen LogP contribution in [-0.4, -0.2) is 22.6 Å². The fraction of sp³-hybridized carbons (Fsp3) is 0.625. The average Bonchev–Trinajstić information content (AvgIpc) is 2.59. The number of rotatable bonds is 4. The first-order valence-corrected chi connectivity index (χ1v) is 4.40. The number of aryl methyl sites for hydroxylation is 1. The van der Waals surface area contributed by atoms with Gasteiger partial charge in [-0.05, 0) is 6.92 Å². The Hall–Kier alpha value is -1.43. The van der Waals surface area contributed by atoms with Crippen LogP contribution >= 0.6 is 0 Å². The SMILES string of the molecule is Cc1noc(CNC(=O)C(C)CN)n1. The summed E-state index contributed by atoms with van der Waals surface area (Å²) < 4.78 is 4.82. The zero-order valence-corrected chi connectivity index (χ0v) is 8.28. The molecule has 1 atom stereocenters. The molecular formula is C8H14N4O2. The highest BCUT2D eigenvalue weighted by Crippen LogP contribution is 1.96. The molecule has 1 aromatic rings. The molecule has 6 heteroatoms. The lowest BCUT2D eigenvalue weighted by Gasteiger charge is -2.07. The number of carbonyl (C=O) groups is 1. The summed E-state index contributed by atoms with van der Waals surface area (Å²) >= 11 is 0. The van der Waals surface area contributed by atoms with Crippen molar-refractivity contribution in [3.05, 3.63) is 11.7 Å². The topological polar surface area (TPSA) is 94.0 Å². The van der Waals surface area contributed by atoms with E-state index in [-0.39, 0.29) is 18.4 Å². The smallest absolute Gasteiger partial charge is 0.246 e. The van der Waals surface area contributed by atoms with Crippen LogP contribution in [0.4, 0.5) is 0 Å². The summed E-state index contributed by atoms with van der Waals surface area (Å²) in [6, 6.07) is 0. The molecule has 0 aromatic carbocycles. The van der Waals surface area contributed by atoms with Gasteiger partial charge < -0.3 is 15.6 Å². The first-order valence-electron chi connectivity index (χ1n) is 4.40. The highest BCUT2D eigenvalue weighted by Gasteiger charge is 2.11. The minimum Gasteiger partial charge on any atom is -0.347 e. The predicted octanol–water partition coefficient (Wildman–Crippen LogP) is -0.411. The van der Waals surface area contributed by atoms with Crippen LogP contribution in [0.15, 0.2) is 4.52 Å². The Morgan fingerprint density at radius 1 is 1.71 bits per heavy atom. The second-order valence-electron chi connectivity index (χ2n) is 3.09. The molecule has 1 unspecified atom stereocenters. The summed E-state index contributed by atoms with van der Waals surface area (Å²) in [5.74, 6) is 0.656. The maximum atomic E-state index is 11.3. The number of aromatic nitrogens is 2. The molecule has 14 heavy (non-hydrogen) atoms. The van der Waals surface area contributed by atoms with Gasteiger partial charge in [0, 0.05) is 12.5 Å². The van der Waals surface area contributed by atoms with Crippen molar-refractivity contribution in [3.63, 3.8) is 0 Å². The van der Waals surface area contributed by atoms with Gasteiger partial charge in [-0.15, -0.1) is 0 Å². The number of hydrogen-bond acceptors (Lipinski definition) is 5. The van der Waals surface area contributed by atoms with Gasteiger partial charge in [0.05, 0.1) is 6.54 Å². The number of amides is 1. The summed E-state index contributed by atoms with van der Waals surface area (Å²) in [4.78, 5) is 15.2. The summed E-state index contributed by atoms with van der Waals surface area (Å²) in [6.45, 7) is 4.06. The van der Waals surface area contributed by atoms with Crippen molar-refractivity contribution < 1.29 is 9.32 Å². The van der Waals surface area contributed by atoms with Crippen molar-refractivity contribution in [1.82, 2.24) is 15.5 Å². The van der Waals surface area contributed by atoms with E-state index in [2.05, 4.69) is 15.5 Å². The van der Waals surface area contributed by atoms with Gasteiger partial charge in [0.2, 0.25) is 11.8 Å². The van der Waals surface area contributed by atoms with Crippen molar-refractivity contribution in [3.8, 4) is 0 Å². The lowest BCUT2D eigenvalue weighted by atomic mass is 10.2. The first kappa shape index (κ1) is 10.6. The van der Waals surface area contributed by atoms with Crippen molar-refractivity contribution in [2.45, 2.75) is 20.4 Å². The van der Waals surface area contributed by atoms with Crippen LogP contribution in [0.25, 0.3) is 0 Å². The van der Waals surface area contributed by atoms with Gasteiger partial charge in [-0.3, -0.25) is 4.79 Å². The lowest BCUT2D eigenvalue weighted by Crippen LogP contribution is -2.32. The summed E-state index contributed by atoms with van der Waals surface area (Å²) in [5, 5.41) is 6.25. The van der Waals surface area contributed by atoms with Gasteiger partial charge in [-0.2, -0.15) is 4.98 Å². The van der Waals surface area contributed by atoms with Crippen LogP contribution in [0.2, 0.25) is 0 Å². The fourth-order valence-electron chi connectivity index (χ4n) is 0.856. The van der Waals surface area contributed by atoms with Gasteiger partial charge in [0.1, 0.15) is 0 Å². The standard InChI is InChI=1S/C8H14N4O2/c1-5(3-9)8(13)10-4-7-11-6(2)12-14-7/h5H,3-4,9H2,1-2H3,(H,10,13). The second-order valence-corrected chi connectivity index (χ2v) is 3.09. The van der Waals surface area contributed by atoms with E-state index >= 15 is 0 Å². The monoisotopic (exact) mass is 198 g/mol. The molecule has 0 spiro atoms. The Bertz CT molecular complexity index is 310. The molecule has 78 valence electrons. The predicted molar refractivity (Wildman–Crippen MR) is 49.1 cm³/mol. The van der Waals surface area contributed by atoms with E-state index < -0.39 is 0 Å². The summed E-state index contributed by atoms with van der Waals surface area (Å²) in [7, 11) is 0. The van der Waals surface area contributed by atoms with Gasteiger partial charge in [-0.1, -0.05) is 12.1 Å². The Kier molecular flexibility index (Phi) is 3.58. The third-order valence-electron chi connectivity index (χ3n) is 1.78. The van der Waals surface area contributed by atoms with Crippen molar-refractivity contribution in [2.75, 3.05) is 6.54 Å². The minimum atomic E-state index is -0.195. The maximum absolute atomic E-state index is 11.3. The molecule has 1 amide bonds. The van der Waals surface area contributed by atoms with E-state index in [0.717, 1.165) is 0 Å². The number of nitrogens with two attached hydrogens (primary N) is 1. The van der Waals surface area contributed by atoms with Crippen LogP contribution in [-0.2, 0) is 11.3 Å². The third kappa shape index (κ3) is 2.81. The molecule has 0 aliphatic rings. The molecule has 0 aliphatic heterocycles. The Labute approximate surface area is 81.9 Å². The molecule has 0 bridgehead atoms. The molecule has 0 fully saturated rings. The molecule has 0 saturated carbocycles. The van der Waals surface area contributed by atoms with Gasteiger partial charge >= 0.3 is 0 Å². The molecule has 3 N–H and O–H groups in total. The average molecular weight is 198 g/mol. The van der Waals surface area contributed by atoms with E-state index in [9.17, 15) is 4.79 Å². The fourth-order valence-corrected chi connectivity index (χ4v) is 0.856. The molecule has 0 aliphatic carbocycles. The van der Waals surface area contributed by atoms with Crippen molar-refractivity contribution in [1.29, 1.82) is 0 Å². The van der Waals surface area contributed by atoms with Crippen LogP contribution in [0.5, 0.6) is 0 Å². The molecule has 6 nitrogen and oxygen atoms in total. The maximum Gasteiger partial charge on any atom is 0.246 e. The van der Waals surface area contributed by atoms with Crippen molar-refractivity contribution >= 4 is 5.91 Å². The van der Waals surface area contributed by atoms with Crippen LogP contribution in [0.1, 0.15) is 18.6 Å². The molecule has 1 rings (SSSR count). The first-order chi connectivity index (χ1) is 6.63. The minimum absolute atomic E-state index is 0.108. The number of nitrogens with zero attached hydrogens (tertiary/aromatic N) is 2. The van der Waals surface area contributed by atoms with Gasteiger partial charge in [-0.25, -0.2) is 0 Å². The number of hydrogen-bond donors (Lipinski definition) is 2. The molecule has 0 radical (unpaired) electrons. The van der Waals surface area contributed by atoms with Gasteiger partial charge in [0.15, 0.2) is 5.82 Å². The molecular weight excluding hydrogens is 184 g/mol. The molecule has 0 saturated heterocycles.